The Morgan fingerprint density at radius 1 is 0.929 bits per heavy atom. The van der Waals surface area contributed by atoms with Gasteiger partial charge < -0.3 is 0 Å². The summed E-state index contributed by atoms with van der Waals surface area (Å²) in [6.07, 6.45) is 1.81. The molecule has 1 aromatic heterocycles. The number of hydrogen-bond donors (Lipinski definition) is 0. The molecule has 78 valence electrons. The predicted molar refractivity (Wildman–Crippen MR) is 59.3 cm³/mol. The van der Waals surface area contributed by atoms with Crippen LogP contribution in [0, 0.1) is 0 Å². The number of benzene rings is 1. The van der Waals surface area contributed by atoms with Crippen LogP contribution in [0.4, 0.5) is 0 Å². The molecule has 0 aliphatic heterocycles. The van der Waals surface area contributed by atoms with Crippen molar-refractivity contribution in [2.45, 2.75) is 0 Å². The van der Waals surface area contributed by atoms with E-state index in [2.05, 4.69) is 17.1 Å². The van der Waals surface area contributed by atoms with Crippen LogP contribution in [0.2, 0.25) is 0 Å². The average Bonchev–Trinajstić information content (AvgIpc) is 2.17. The zero-order valence-corrected chi connectivity index (χ0v) is 11.6. The topological polar surface area (TPSA) is 12.9 Å². The van der Waals surface area contributed by atoms with Crippen LogP contribution in [0.3, 0.4) is 0 Å². The van der Waals surface area contributed by atoms with Gasteiger partial charge in [-0.15, -0.1) is 0 Å². The molecule has 5 heteroatoms. The second-order valence-corrected chi connectivity index (χ2v) is 12.7. The maximum atomic E-state index is 4.97. The molecule has 0 aliphatic rings. The van der Waals surface area contributed by atoms with E-state index < -0.39 is 13.5 Å². The number of hydrogen-bond acceptors (Lipinski definition) is 1. The second-order valence-electron chi connectivity index (χ2n) is 2.34. The molecule has 1 heterocycles. The number of rotatable bonds is 0. The van der Waals surface area contributed by atoms with Crippen molar-refractivity contribution in [2.24, 2.45) is 0 Å². The first kappa shape index (κ1) is 12.2. The van der Waals surface area contributed by atoms with Crippen molar-refractivity contribution in [3.63, 3.8) is 0 Å². The van der Waals surface area contributed by atoms with Crippen LogP contribution in [-0.2, 0) is 13.5 Å². The Balaban J connectivity index is 0.000000213. The van der Waals surface area contributed by atoms with Gasteiger partial charge in [-0.1, -0.05) is 24.3 Å². The molecule has 0 bridgehead atoms. The number of nitrogens with zero attached hydrogens (tertiary/aromatic N) is 1. The van der Waals surface area contributed by atoms with E-state index in [0.29, 0.717) is 0 Å². The van der Waals surface area contributed by atoms with Crippen molar-refractivity contribution in [1.29, 1.82) is 0 Å². The average molecular weight is 428 g/mol. The molecule has 0 unspecified atom stereocenters. The number of para-hydroxylation sites is 1. The zero-order valence-electron chi connectivity index (χ0n) is 6.96. The number of halogens is 3. The third-order valence-electron chi connectivity index (χ3n) is 1.51. The van der Waals surface area contributed by atoms with E-state index in [0.717, 1.165) is 5.52 Å². The van der Waals surface area contributed by atoms with Crippen molar-refractivity contribution in [3.8, 4) is 0 Å². The maximum absolute atomic E-state index is 4.97. The van der Waals surface area contributed by atoms with Crippen molar-refractivity contribution in [2.75, 3.05) is 0 Å². The van der Waals surface area contributed by atoms with Gasteiger partial charge in [0.25, 0.3) is 0 Å². The van der Waals surface area contributed by atoms with Gasteiger partial charge in [0.2, 0.25) is 0 Å². The summed E-state index contributed by atoms with van der Waals surface area (Å²) < 4.78 is 0. The van der Waals surface area contributed by atoms with Gasteiger partial charge in [0, 0.05) is 11.6 Å². The molecule has 0 fully saturated rings. The SMILES string of the molecule is [Cl][Ir]([Cl])[Cl].c1ccc2ncccc2c1. The van der Waals surface area contributed by atoms with Crippen LogP contribution >= 0.6 is 28.8 Å². The quantitative estimate of drug-likeness (QED) is 0.611. The summed E-state index contributed by atoms with van der Waals surface area (Å²) in [6.45, 7) is 0. The van der Waals surface area contributed by atoms with Gasteiger partial charge in [-0.05, 0) is 12.1 Å². The van der Waals surface area contributed by atoms with Gasteiger partial charge in [-0.25, -0.2) is 0 Å². The fourth-order valence-corrected chi connectivity index (χ4v) is 1.02. The van der Waals surface area contributed by atoms with Gasteiger partial charge in [-0.2, -0.15) is 0 Å². The smallest absolute Gasteiger partial charge is 0.0701 e. The molecule has 2 aromatic rings. The summed E-state index contributed by atoms with van der Waals surface area (Å²) in [6, 6.07) is 12.1. The van der Waals surface area contributed by atoms with Crippen LogP contribution in [0.5, 0.6) is 0 Å². The van der Waals surface area contributed by atoms with Crippen LogP contribution in [-0.4, -0.2) is 4.98 Å². The first-order valence-electron chi connectivity index (χ1n) is 3.64. The minimum Gasteiger partial charge on any atom is -0.256 e. The third-order valence-corrected chi connectivity index (χ3v) is 1.51. The summed E-state index contributed by atoms with van der Waals surface area (Å²) in [4.78, 5) is 4.18. The molecule has 0 spiro atoms. The first-order chi connectivity index (χ1) is 6.70. The predicted octanol–water partition coefficient (Wildman–Crippen LogP) is 4.30. The summed E-state index contributed by atoms with van der Waals surface area (Å²) in [5.41, 5.74) is 1.06. The van der Waals surface area contributed by atoms with E-state index in [1.807, 2.05) is 30.5 Å². The molecule has 0 aliphatic carbocycles. The van der Waals surface area contributed by atoms with Crippen LogP contribution in [0.15, 0.2) is 42.6 Å². The molecule has 14 heavy (non-hydrogen) atoms. The zero-order chi connectivity index (χ0) is 10.4. The van der Waals surface area contributed by atoms with Crippen molar-refractivity contribution in [1.82, 2.24) is 4.98 Å². The Morgan fingerprint density at radius 3 is 2.14 bits per heavy atom. The maximum Gasteiger partial charge on any atom is 0.0701 e. The van der Waals surface area contributed by atoms with Crippen molar-refractivity contribution < 1.29 is 13.5 Å². The normalized spacial score (nSPS) is 10.4. The van der Waals surface area contributed by atoms with Gasteiger partial charge in [0.1, 0.15) is 0 Å². The van der Waals surface area contributed by atoms with Crippen LogP contribution < -0.4 is 0 Å². The van der Waals surface area contributed by atoms with Crippen molar-refractivity contribution >= 4 is 39.7 Å². The molecule has 1 nitrogen and oxygen atoms in total. The van der Waals surface area contributed by atoms with Gasteiger partial charge in [-0.3, -0.25) is 4.98 Å². The first-order valence-corrected chi connectivity index (χ1v) is 12.5. The standard InChI is InChI=1S/C9H7N.3ClH.Ir/c1-2-6-9-8(4-1)5-3-7-10-9;;;;/h1-7H;3*1H;/q;;;;+3/p-3. The number of fused-ring (bicyclic) bond motifs is 1. The minimum atomic E-state index is -1.92. The number of aromatic nitrogens is 1. The van der Waals surface area contributed by atoms with E-state index in [1.165, 1.54) is 5.39 Å². The molecule has 0 N–H and O–H groups in total. The molecule has 0 atom stereocenters. The molecule has 0 amide bonds. The molecule has 0 saturated heterocycles. The van der Waals surface area contributed by atoms with E-state index >= 15 is 0 Å². The summed E-state index contributed by atoms with van der Waals surface area (Å²) >= 11 is -1.92. The van der Waals surface area contributed by atoms with Gasteiger partial charge >= 0.3 is 42.2 Å². The van der Waals surface area contributed by atoms with E-state index in [9.17, 15) is 0 Å². The summed E-state index contributed by atoms with van der Waals surface area (Å²) in [5.74, 6) is 0. The van der Waals surface area contributed by atoms with Crippen LogP contribution in [0.1, 0.15) is 0 Å². The van der Waals surface area contributed by atoms with E-state index in [1.54, 1.807) is 0 Å². The van der Waals surface area contributed by atoms with Gasteiger partial charge in [0.15, 0.2) is 0 Å². The van der Waals surface area contributed by atoms with Crippen molar-refractivity contribution in [3.05, 3.63) is 42.6 Å². The van der Waals surface area contributed by atoms with Gasteiger partial charge in [0.05, 0.1) is 5.52 Å². The number of pyridine rings is 1. The van der Waals surface area contributed by atoms with E-state index in [4.69, 9.17) is 28.8 Å². The monoisotopic (exact) mass is 427 g/mol. The van der Waals surface area contributed by atoms with E-state index in [-0.39, 0.29) is 0 Å². The molecule has 2 rings (SSSR count). The third kappa shape index (κ3) is 4.58. The Hall–Kier alpha value is 0.149. The Morgan fingerprint density at radius 2 is 1.50 bits per heavy atom. The summed E-state index contributed by atoms with van der Waals surface area (Å²) in [7, 11) is 14.9. The molecular formula is C9H7Cl3IrN. The second kappa shape index (κ2) is 6.60. The molecule has 0 saturated carbocycles. The fourth-order valence-electron chi connectivity index (χ4n) is 1.02. The Bertz CT molecular complexity index is 326. The molecule has 1 aromatic carbocycles. The summed E-state index contributed by atoms with van der Waals surface area (Å²) in [5, 5.41) is 1.20. The molecule has 0 radical (unpaired) electrons. The minimum absolute atomic E-state index is 1.06. The van der Waals surface area contributed by atoms with Crippen LogP contribution in [0.25, 0.3) is 10.9 Å². The Kier molecular flexibility index (Phi) is 5.76. The molecular weight excluding hydrogens is 421 g/mol. The largest absolute Gasteiger partial charge is 0.256 e. The Labute approximate surface area is 100 Å². The fraction of sp³-hybridized carbons (Fsp3) is 0.